The molecule has 2 fully saturated rings. The number of nitrogens with one attached hydrogen (secondary N) is 5. The Morgan fingerprint density at radius 1 is 0.656 bits per heavy atom. The minimum atomic E-state index is -0.171. The second kappa shape index (κ2) is 21.7. The van der Waals surface area contributed by atoms with Crippen LogP contribution in [-0.4, -0.2) is 85.1 Å². The van der Waals surface area contributed by atoms with Gasteiger partial charge in [-0.3, -0.25) is 19.2 Å². The Morgan fingerprint density at radius 2 is 1.05 bits per heavy atom. The molecule has 2 saturated heterocycles. The number of piperidine rings is 2. The number of H-pyrrole nitrogens is 2. The maximum atomic E-state index is 13.1. The summed E-state index contributed by atoms with van der Waals surface area (Å²) >= 11 is 7.19. The summed E-state index contributed by atoms with van der Waals surface area (Å²) in [6.07, 6.45) is 4.42. The van der Waals surface area contributed by atoms with Crippen molar-refractivity contribution in [2.24, 2.45) is 0 Å². The van der Waals surface area contributed by atoms with Gasteiger partial charge in [0.05, 0.1) is 0 Å². The molecule has 6 rings (SSSR count). The van der Waals surface area contributed by atoms with Gasteiger partial charge in [0, 0.05) is 92.2 Å². The van der Waals surface area contributed by atoms with Gasteiger partial charge in [0.1, 0.15) is 0 Å². The highest BCUT2D eigenvalue weighted by Crippen LogP contribution is 2.33. The molecule has 4 heterocycles. The van der Waals surface area contributed by atoms with Gasteiger partial charge in [-0.2, -0.15) is 0 Å². The maximum absolute atomic E-state index is 13.1. The summed E-state index contributed by atoms with van der Waals surface area (Å²) in [5.74, 6) is -0.338. The van der Waals surface area contributed by atoms with Crippen LogP contribution < -0.4 is 36.9 Å². The van der Waals surface area contributed by atoms with Crippen molar-refractivity contribution in [3.05, 3.63) is 122 Å². The van der Waals surface area contributed by atoms with Crippen LogP contribution in [0, 0.1) is 41.5 Å². The first-order valence-corrected chi connectivity index (χ1v) is 23.1. The Bertz CT molecular complexity index is 2310. The van der Waals surface area contributed by atoms with Crippen LogP contribution in [0.4, 0.5) is 11.4 Å². The number of pyridine rings is 2. The van der Waals surface area contributed by atoms with Crippen molar-refractivity contribution in [1.82, 2.24) is 30.8 Å². The van der Waals surface area contributed by atoms with Gasteiger partial charge >= 0.3 is 0 Å². The Kier molecular flexibility index (Phi) is 17.0. The number of rotatable bonds is 12. The average molecular weight is 965 g/mol. The highest BCUT2D eigenvalue weighted by molar-refractivity contribution is 9.10. The van der Waals surface area contributed by atoms with E-state index in [0.717, 1.165) is 119 Å². The number of hydrogen-bond donors (Lipinski definition) is 5. The molecule has 330 valence electrons. The number of aryl methyl sites for hydroxylation is 4. The number of anilines is 2. The van der Waals surface area contributed by atoms with Crippen molar-refractivity contribution >= 4 is 55.0 Å². The molecule has 2 aliphatic rings. The third kappa shape index (κ3) is 12.0. The van der Waals surface area contributed by atoms with E-state index in [1.165, 1.54) is 0 Å². The Hall–Kier alpha value is -4.24. The largest absolute Gasteiger partial charge is 0.368 e. The molecule has 5 N–H and O–H groups in total. The first-order chi connectivity index (χ1) is 29.0. The number of hydrogen-bond acceptors (Lipinski definition) is 8. The van der Waals surface area contributed by atoms with E-state index in [0.29, 0.717) is 34.3 Å². The SMILES string of the molecule is CCN(c1cc(Br)cc(C(=O)NCc2c(C)cc(C)[nH]c2=O)c1C)C1CCN(C)CC1.CCN(c1cc(Br)cc(C(=O)NCc2c(C)cc(C)[nH]c2=O)c1C)C1CCNCC1. The molecule has 0 atom stereocenters. The molecule has 61 heavy (non-hydrogen) atoms. The molecule has 0 saturated carbocycles. The Labute approximate surface area is 377 Å². The lowest BCUT2D eigenvalue weighted by Crippen LogP contribution is -2.44. The smallest absolute Gasteiger partial charge is 0.253 e. The number of carbonyl (C=O) groups is 2. The normalized spacial score (nSPS) is 14.9. The van der Waals surface area contributed by atoms with E-state index in [9.17, 15) is 19.2 Å². The molecular formula is C47H64Br2N8O4. The summed E-state index contributed by atoms with van der Waals surface area (Å²) in [4.78, 5) is 63.5. The predicted octanol–water partition coefficient (Wildman–Crippen LogP) is 7.48. The topological polar surface area (TPSA) is 146 Å². The quantitative estimate of drug-likeness (QED) is 0.0984. The number of aromatic nitrogens is 2. The fourth-order valence-corrected chi connectivity index (χ4v) is 9.69. The van der Waals surface area contributed by atoms with Crippen molar-refractivity contribution in [2.75, 3.05) is 56.1 Å². The third-order valence-corrected chi connectivity index (χ3v) is 13.1. The number of halogens is 2. The van der Waals surface area contributed by atoms with Crippen LogP contribution in [0.2, 0.25) is 0 Å². The lowest BCUT2D eigenvalue weighted by molar-refractivity contribution is 0.0942. The molecule has 0 spiro atoms. The summed E-state index contributed by atoms with van der Waals surface area (Å²) in [5, 5.41) is 9.31. The maximum Gasteiger partial charge on any atom is 0.253 e. The summed E-state index contributed by atoms with van der Waals surface area (Å²) in [7, 11) is 2.17. The lowest BCUT2D eigenvalue weighted by atomic mass is 9.99. The Balaban J connectivity index is 0.000000231. The summed E-state index contributed by atoms with van der Waals surface area (Å²) in [6.45, 7) is 22.3. The van der Waals surface area contributed by atoms with Gasteiger partial charge in [0.25, 0.3) is 22.9 Å². The standard InChI is InChI=1S/C24H33BrN4O2.C23H31BrN4O2/c1-6-29(19-7-9-28(5)10-8-19)22-13-18(25)12-20(17(22)4)23(30)26-14-21-15(2)11-16(3)27-24(21)31;1-5-28(18-6-8-25-9-7-18)21-12-17(24)11-19(16(21)4)22(29)26-13-20-14(2)10-15(3)27-23(20)30/h11-13,19H,6-10,14H2,1-5H3,(H,26,30)(H,27,31);10-12,18,25H,5-9,13H2,1-4H3,(H,26,29)(H,27,30). The van der Waals surface area contributed by atoms with Gasteiger partial charge in [-0.05, 0) is 173 Å². The number of benzene rings is 2. The van der Waals surface area contributed by atoms with Gasteiger partial charge in [0.2, 0.25) is 0 Å². The van der Waals surface area contributed by atoms with Crippen LogP contribution in [-0.2, 0) is 13.1 Å². The zero-order chi connectivity index (χ0) is 44.5. The van der Waals surface area contributed by atoms with E-state index in [2.05, 4.69) is 106 Å². The zero-order valence-electron chi connectivity index (χ0n) is 37.3. The summed E-state index contributed by atoms with van der Waals surface area (Å²) in [6, 6.07) is 12.7. The fourth-order valence-electron chi connectivity index (χ4n) is 8.80. The highest BCUT2D eigenvalue weighted by Gasteiger charge is 2.27. The molecule has 2 aromatic heterocycles. The summed E-state index contributed by atoms with van der Waals surface area (Å²) in [5.41, 5.74) is 9.67. The number of amides is 2. The number of carbonyl (C=O) groups excluding carboxylic acids is 2. The second-order valence-corrected chi connectivity index (χ2v) is 18.4. The molecule has 12 nitrogen and oxygen atoms in total. The number of nitrogens with zero attached hydrogens (tertiary/aromatic N) is 3. The van der Waals surface area contributed by atoms with E-state index in [1.54, 1.807) is 0 Å². The highest BCUT2D eigenvalue weighted by atomic mass is 79.9. The van der Waals surface area contributed by atoms with E-state index >= 15 is 0 Å². The van der Waals surface area contributed by atoms with Crippen molar-refractivity contribution in [3.8, 4) is 0 Å². The molecule has 0 aliphatic carbocycles. The fraction of sp³-hybridized carbons (Fsp3) is 0.489. The van der Waals surface area contributed by atoms with Crippen molar-refractivity contribution in [3.63, 3.8) is 0 Å². The molecule has 0 bridgehead atoms. The second-order valence-electron chi connectivity index (χ2n) is 16.5. The van der Waals surface area contributed by atoms with Gasteiger partial charge in [0.15, 0.2) is 0 Å². The zero-order valence-corrected chi connectivity index (χ0v) is 40.5. The molecule has 2 aliphatic heterocycles. The van der Waals surface area contributed by atoms with E-state index in [-0.39, 0.29) is 36.0 Å². The molecule has 14 heteroatoms. The van der Waals surface area contributed by atoms with E-state index in [1.807, 2.05) is 65.8 Å². The van der Waals surface area contributed by atoms with Gasteiger partial charge in [-0.1, -0.05) is 31.9 Å². The van der Waals surface area contributed by atoms with Crippen LogP contribution in [0.15, 0.2) is 54.9 Å². The van der Waals surface area contributed by atoms with Crippen LogP contribution in [0.5, 0.6) is 0 Å². The van der Waals surface area contributed by atoms with Crippen LogP contribution in [0.1, 0.15) is 105 Å². The predicted molar refractivity (Wildman–Crippen MR) is 256 cm³/mol. The van der Waals surface area contributed by atoms with Gasteiger partial charge in [-0.25, -0.2) is 0 Å². The third-order valence-electron chi connectivity index (χ3n) is 12.2. The monoisotopic (exact) mass is 962 g/mol. The van der Waals surface area contributed by atoms with Crippen LogP contribution in [0.25, 0.3) is 0 Å². The average Bonchev–Trinajstić information content (AvgIpc) is 3.21. The Morgan fingerprint density at radius 3 is 1.43 bits per heavy atom. The number of aromatic amines is 2. The lowest BCUT2D eigenvalue weighted by Gasteiger charge is -2.39. The molecule has 0 unspecified atom stereocenters. The van der Waals surface area contributed by atoms with Crippen molar-refractivity contribution in [2.45, 2.75) is 106 Å². The van der Waals surface area contributed by atoms with Gasteiger partial charge < -0.3 is 40.6 Å². The van der Waals surface area contributed by atoms with Crippen LogP contribution >= 0.6 is 31.9 Å². The summed E-state index contributed by atoms with van der Waals surface area (Å²) < 4.78 is 1.76. The molecular weight excluding hydrogens is 900 g/mol. The molecule has 2 amide bonds. The van der Waals surface area contributed by atoms with Crippen molar-refractivity contribution < 1.29 is 9.59 Å². The first-order valence-electron chi connectivity index (χ1n) is 21.5. The van der Waals surface area contributed by atoms with Crippen molar-refractivity contribution in [1.29, 1.82) is 0 Å². The molecule has 0 radical (unpaired) electrons. The van der Waals surface area contributed by atoms with E-state index < -0.39 is 0 Å². The molecule has 2 aromatic carbocycles. The minimum absolute atomic E-state index is 0.149. The minimum Gasteiger partial charge on any atom is -0.368 e. The van der Waals surface area contributed by atoms with Gasteiger partial charge in [-0.15, -0.1) is 0 Å². The van der Waals surface area contributed by atoms with E-state index in [4.69, 9.17) is 0 Å². The van der Waals surface area contributed by atoms with Crippen LogP contribution in [0.3, 0.4) is 0 Å². The first kappa shape index (κ1) is 47.8. The number of likely N-dealkylation sites (tertiary alicyclic amines) is 1. The molecule has 4 aromatic rings.